The molecule has 1 aliphatic carbocycles. The summed E-state index contributed by atoms with van der Waals surface area (Å²) in [4.78, 5) is 13.7. The molecule has 0 aromatic rings. The molecule has 1 N–H and O–H groups in total. The lowest BCUT2D eigenvalue weighted by Crippen LogP contribution is -2.46. The van der Waals surface area contributed by atoms with Gasteiger partial charge in [0.05, 0.1) is 6.61 Å². The van der Waals surface area contributed by atoms with Crippen LogP contribution in [0.15, 0.2) is 0 Å². The minimum Gasteiger partial charge on any atom is -0.383 e. The smallest absolute Gasteiger partial charge is 0.317 e. The van der Waals surface area contributed by atoms with Gasteiger partial charge in [0, 0.05) is 26.2 Å². The molecule has 4 heteroatoms. The fourth-order valence-electron chi connectivity index (χ4n) is 2.12. The Kier molecular flexibility index (Phi) is 6.23. The summed E-state index contributed by atoms with van der Waals surface area (Å²) < 4.78 is 4.99. The summed E-state index contributed by atoms with van der Waals surface area (Å²) in [5.74, 6) is 0. The molecule has 2 amide bonds. The van der Waals surface area contributed by atoms with Gasteiger partial charge in [-0.2, -0.15) is 0 Å². The summed E-state index contributed by atoms with van der Waals surface area (Å²) >= 11 is 0. The third kappa shape index (κ3) is 4.39. The van der Waals surface area contributed by atoms with Crippen LogP contribution in [-0.2, 0) is 4.74 Å². The van der Waals surface area contributed by atoms with Crippen molar-refractivity contribution in [3.63, 3.8) is 0 Å². The Morgan fingerprint density at radius 2 is 2.06 bits per heavy atom. The first-order valence-corrected chi connectivity index (χ1v) is 6.32. The Morgan fingerprint density at radius 1 is 1.38 bits per heavy atom. The molecular weight excluding hydrogens is 204 g/mol. The van der Waals surface area contributed by atoms with E-state index < -0.39 is 0 Å². The van der Waals surface area contributed by atoms with Crippen LogP contribution in [0.1, 0.15) is 39.0 Å². The standard InChI is InChI=1S/C12H24N2O2/c1-3-14(9-10-16-2)12(15)13-11-7-5-4-6-8-11/h11H,3-10H2,1-2H3,(H,13,15). The first-order chi connectivity index (χ1) is 7.77. The van der Waals surface area contributed by atoms with Gasteiger partial charge in [-0.05, 0) is 19.8 Å². The van der Waals surface area contributed by atoms with E-state index >= 15 is 0 Å². The molecule has 0 radical (unpaired) electrons. The largest absolute Gasteiger partial charge is 0.383 e. The summed E-state index contributed by atoms with van der Waals surface area (Å²) in [5, 5.41) is 3.11. The topological polar surface area (TPSA) is 41.6 Å². The number of likely N-dealkylation sites (N-methyl/N-ethyl adjacent to an activating group) is 1. The van der Waals surface area contributed by atoms with Gasteiger partial charge in [-0.1, -0.05) is 19.3 Å². The van der Waals surface area contributed by atoms with E-state index in [2.05, 4.69) is 5.32 Å². The van der Waals surface area contributed by atoms with Crippen LogP contribution in [0.4, 0.5) is 4.79 Å². The Morgan fingerprint density at radius 3 is 2.62 bits per heavy atom. The molecule has 1 aliphatic rings. The molecule has 0 saturated heterocycles. The molecule has 0 atom stereocenters. The first kappa shape index (κ1) is 13.3. The predicted octanol–water partition coefficient (Wildman–Crippen LogP) is 2.00. The highest BCUT2D eigenvalue weighted by Gasteiger charge is 2.18. The fourth-order valence-corrected chi connectivity index (χ4v) is 2.12. The van der Waals surface area contributed by atoms with Gasteiger partial charge in [-0.25, -0.2) is 4.79 Å². The molecule has 0 unspecified atom stereocenters. The van der Waals surface area contributed by atoms with Crippen molar-refractivity contribution < 1.29 is 9.53 Å². The van der Waals surface area contributed by atoms with Crippen LogP contribution in [0, 0.1) is 0 Å². The second kappa shape index (κ2) is 7.49. The molecule has 16 heavy (non-hydrogen) atoms. The van der Waals surface area contributed by atoms with Crippen molar-refractivity contribution in [3.05, 3.63) is 0 Å². The van der Waals surface area contributed by atoms with Crippen molar-refractivity contribution in [2.45, 2.75) is 45.1 Å². The predicted molar refractivity (Wildman–Crippen MR) is 64.5 cm³/mol. The first-order valence-electron chi connectivity index (χ1n) is 6.32. The van der Waals surface area contributed by atoms with Crippen LogP contribution < -0.4 is 5.32 Å². The number of ether oxygens (including phenoxy) is 1. The molecule has 0 aromatic heterocycles. The number of nitrogens with zero attached hydrogens (tertiary/aromatic N) is 1. The van der Waals surface area contributed by atoms with E-state index in [0.717, 1.165) is 19.4 Å². The van der Waals surface area contributed by atoms with Gasteiger partial charge >= 0.3 is 6.03 Å². The zero-order valence-electron chi connectivity index (χ0n) is 10.5. The summed E-state index contributed by atoms with van der Waals surface area (Å²) in [6.45, 7) is 4.01. The van der Waals surface area contributed by atoms with Crippen molar-refractivity contribution in [2.24, 2.45) is 0 Å². The van der Waals surface area contributed by atoms with Crippen molar-refractivity contribution >= 4 is 6.03 Å². The van der Waals surface area contributed by atoms with Gasteiger partial charge in [0.1, 0.15) is 0 Å². The average Bonchev–Trinajstić information content (AvgIpc) is 2.31. The third-order valence-corrected chi connectivity index (χ3v) is 3.17. The van der Waals surface area contributed by atoms with Crippen molar-refractivity contribution in [1.82, 2.24) is 10.2 Å². The monoisotopic (exact) mass is 228 g/mol. The number of methoxy groups -OCH3 is 1. The lowest BCUT2D eigenvalue weighted by Gasteiger charge is -2.27. The summed E-state index contributed by atoms with van der Waals surface area (Å²) in [6.07, 6.45) is 6.07. The Labute approximate surface area is 98.3 Å². The number of hydrogen-bond acceptors (Lipinski definition) is 2. The van der Waals surface area contributed by atoms with E-state index in [9.17, 15) is 4.79 Å². The number of carbonyl (C=O) groups is 1. The highest BCUT2D eigenvalue weighted by atomic mass is 16.5. The maximum absolute atomic E-state index is 11.9. The molecule has 0 aromatic carbocycles. The average molecular weight is 228 g/mol. The van der Waals surface area contributed by atoms with Gasteiger partial charge in [0.15, 0.2) is 0 Å². The normalized spacial score (nSPS) is 17.1. The second-order valence-electron chi connectivity index (χ2n) is 4.36. The Hall–Kier alpha value is -0.770. The molecule has 0 aliphatic heterocycles. The molecule has 1 rings (SSSR count). The SMILES string of the molecule is CCN(CCOC)C(=O)NC1CCCCC1. The molecule has 0 bridgehead atoms. The number of hydrogen-bond donors (Lipinski definition) is 1. The second-order valence-corrected chi connectivity index (χ2v) is 4.36. The zero-order chi connectivity index (χ0) is 11.8. The van der Waals surface area contributed by atoms with Gasteiger partial charge in [-0.15, -0.1) is 0 Å². The number of rotatable bonds is 5. The molecule has 1 fully saturated rings. The van der Waals surface area contributed by atoms with Crippen LogP contribution in [0.2, 0.25) is 0 Å². The summed E-state index contributed by atoms with van der Waals surface area (Å²) in [6, 6.07) is 0.448. The fraction of sp³-hybridized carbons (Fsp3) is 0.917. The van der Waals surface area contributed by atoms with E-state index in [4.69, 9.17) is 4.74 Å². The van der Waals surface area contributed by atoms with E-state index in [-0.39, 0.29) is 6.03 Å². The van der Waals surface area contributed by atoms with Crippen LogP contribution in [0.3, 0.4) is 0 Å². The van der Waals surface area contributed by atoms with E-state index in [0.29, 0.717) is 19.2 Å². The van der Waals surface area contributed by atoms with Crippen LogP contribution in [-0.4, -0.2) is 43.8 Å². The Balaban J connectivity index is 2.29. The quantitative estimate of drug-likeness (QED) is 0.782. The van der Waals surface area contributed by atoms with Crippen molar-refractivity contribution in [2.75, 3.05) is 26.8 Å². The van der Waals surface area contributed by atoms with E-state index in [1.807, 2.05) is 6.92 Å². The van der Waals surface area contributed by atoms with Crippen molar-refractivity contribution in [1.29, 1.82) is 0 Å². The van der Waals surface area contributed by atoms with Gasteiger partial charge in [0.2, 0.25) is 0 Å². The minimum atomic E-state index is 0.0615. The highest BCUT2D eigenvalue weighted by molar-refractivity contribution is 5.74. The van der Waals surface area contributed by atoms with E-state index in [1.165, 1.54) is 19.3 Å². The number of urea groups is 1. The third-order valence-electron chi connectivity index (χ3n) is 3.17. The van der Waals surface area contributed by atoms with Crippen LogP contribution in [0.5, 0.6) is 0 Å². The number of nitrogens with one attached hydrogen (secondary N) is 1. The Bertz CT molecular complexity index is 203. The van der Waals surface area contributed by atoms with Gasteiger partial charge < -0.3 is 15.0 Å². The summed E-state index contributed by atoms with van der Waals surface area (Å²) in [5.41, 5.74) is 0. The molecular formula is C12H24N2O2. The maximum Gasteiger partial charge on any atom is 0.317 e. The van der Waals surface area contributed by atoms with Gasteiger partial charge in [0.25, 0.3) is 0 Å². The molecule has 1 saturated carbocycles. The maximum atomic E-state index is 11.9. The van der Waals surface area contributed by atoms with Crippen LogP contribution in [0.25, 0.3) is 0 Å². The number of amides is 2. The van der Waals surface area contributed by atoms with E-state index in [1.54, 1.807) is 12.0 Å². The molecule has 0 heterocycles. The van der Waals surface area contributed by atoms with Gasteiger partial charge in [-0.3, -0.25) is 0 Å². The summed E-state index contributed by atoms with van der Waals surface area (Å²) in [7, 11) is 1.66. The lowest BCUT2D eigenvalue weighted by molar-refractivity contribution is 0.148. The highest BCUT2D eigenvalue weighted by Crippen LogP contribution is 2.17. The number of carbonyl (C=O) groups excluding carboxylic acids is 1. The minimum absolute atomic E-state index is 0.0615. The van der Waals surface area contributed by atoms with Crippen molar-refractivity contribution in [3.8, 4) is 0 Å². The molecule has 94 valence electrons. The zero-order valence-corrected chi connectivity index (χ0v) is 10.5. The lowest BCUT2D eigenvalue weighted by atomic mass is 9.96. The van der Waals surface area contributed by atoms with Crippen LogP contribution >= 0.6 is 0 Å². The molecule has 0 spiro atoms. The molecule has 4 nitrogen and oxygen atoms in total.